The second-order valence-electron chi connectivity index (χ2n) is 5.65. The molecular weight excluding hydrogens is 359 g/mol. The van der Waals surface area contributed by atoms with Gasteiger partial charge in [0.1, 0.15) is 17.7 Å². The van der Waals surface area contributed by atoms with Crippen molar-refractivity contribution in [1.29, 1.82) is 5.26 Å². The summed E-state index contributed by atoms with van der Waals surface area (Å²) in [5, 5.41) is 8.84. The molecular formula is C17H16BrFN4. The van der Waals surface area contributed by atoms with Crippen LogP contribution in [-0.2, 0) is 0 Å². The van der Waals surface area contributed by atoms with Crippen LogP contribution in [0.5, 0.6) is 0 Å². The van der Waals surface area contributed by atoms with Crippen LogP contribution in [0.2, 0.25) is 0 Å². The minimum Gasteiger partial charge on any atom is -0.356 e. The molecule has 6 heteroatoms. The van der Waals surface area contributed by atoms with E-state index in [2.05, 4.69) is 25.8 Å². The maximum atomic E-state index is 13.9. The highest BCUT2D eigenvalue weighted by Gasteiger charge is 2.18. The molecule has 1 aromatic carbocycles. The number of benzene rings is 1. The fourth-order valence-electron chi connectivity index (χ4n) is 2.72. The van der Waals surface area contributed by atoms with Crippen molar-refractivity contribution in [1.82, 2.24) is 4.98 Å². The summed E-state index contributed by atoms with van der Waals surface area (Å²) in [5.41, 5.74) is 7.56. The van der Waals surface area contributed by atoms with E-state index in [0.29, 0.717) is 5.56 Å². The number of pyridine rings is 1. The first-order valence-corrected chi connectivity index (χ1v) is 8.24. The van der Waals surface area contributed by atoms with Crippen LogP contribution < -0.4 is 10.6 Å². The van der Waals surface area contributed by atoms with E-state index >= 15 is 0 Å². The zero-order chi connectivity index (χ0) is 16.4. The lowest BCUT2D eigenvalue weighted by Crippen LogP contribution is -2.40. The van der Waals surface area contributed by atoms with E-state index in [1.807, 2.05) is 12.1 Å². The number of nitriles is 1. The van der Waals surface area contributed by atoms with Gasteiger partial charge in [-0.25, -0.2) is 9.37 Å². The average Bonchev–Trinajstić information content (AvgIpc) is 2.56. The van der Waals surface area contributed by atoms with Crippen LogP contribution in [0.4, 0.5) is 10.2 Å². The molecule has 2 N–H and O–H groups in total. The Hall–Kier alpha value is -1.97. The van der Waals surface area contributed by atoms with Crippen molar-refractivity contribution >= 4 is 21.7 Å². The van der Waals surface area contributed by atoms with Gasteiger partial charge in [-0.3, -0.25) is 0 Å². The van der Waals surface area contributed by atoms with Crippen molar-refractivity contribution in [2.45, 2.75) is 18.9 Å². The third kappa shape index (κ3) is 3.36. The first-order valence-electron chi connectivity index (χ1n) is 7.44. The van der Waals surface area contributed by atoms with Gasteiger partial charge in [0.05, 0.1) is 5.56 Å². The Labute approximate surface area is 142 Å². The molecule has 4 nitrogen and oxygen atoms in total. The number of nitrogens with two attached hydrogens (primary N) is 1. The van der Waals surface area contributed by atoms with E-state index in [4.69, 9.17) is 11.0 Å². The van der Waals surface area contributed by atoms with Gasteiger partial charge in [-0.2, -0.15) is 5.26 Å². The van der Waals surface area contributed by atoms with E-state index in [1.54, 1.807) is 12.3 Å². The van der Waals surface area contributed by atoms with E-state index in [1.165, 1.54) is 12.1 Å². The van der Waals surface area contributed by atoms with E-state index in [-0.39, 0.29) is 11.6 Å². The predicted octanol–water partition coefficient (Wildman–Crippen LogP) is 3.45. The number of aromatic nitrogens is 1. The summed E-state index contributed by atoms with van der Waals surface area (Å²) in [6.45, 7) is 1.74. The molecule has 23 heavy (non-hydrogen) atoms. The summed E-state index contributed by atoms with van der Waals surface area (Å²) >= 11 is 3.47. The lowest BCUT2D eigenvalue weighted by molar-refractivity contribution is 0.498. The monoisotopic (exact) mass is 374 g/mol. The second kappa shape index (κ2) is 6.65. The summed E-state index contributed by atoms with van der Waals surface area (Å²) in [7, 11) is 0. The SMILES string of the molecule is N#Cc1ccc(-c2cc(N3CCC(N)CC3)ncc2Br)cc1F. The Kier molecular flexibility index (Phi) is 4.60. The van der Waals surface area contributed by atoms with Gasteiger partial charge in [-0.05, 0) is 52.5 Å². The van der Waals surface area contributed by atoms with Crippen molar-refractivity contribution < 1.29 is 4.39 Å². The molecule has 1 aliphatic rings. The largest absolute Gasteiger partial charge is 0.356 e. The summed E-state index contributed by atoms with van der Waals surface area (Å²) in [6.07, 6.45) is 3.62. The first kappa shape index (κ1) is 15.9. The molecule has 0 bridgehead atoms. The lowest BCUT2D eigenvalue weighted by Gasteiger charge is -2.31. The smallest absolute Gasteiger partial charge is 0.141 e. The normalized spacial score (nSPS) is 15.5. The van der Waals surface area contributed by atoms with Crippen LogP contribution >= 0.6 is 15.9 Å². The van der Waals surface area contributed by atoms with E-state index in [9.17, 15) is 4.39 Å². The summed E-state index contributed by atoms with van der Waals surface area (Å²) in [6, 6.07) is 8.67. The fourth-order valence-corrected chi connectivity index (χ4v) is 3.17. The van der Waals surface area contributed by atoms with Crippen LogP contribution in [0.1, 0.15) is 18.4 Å². The first-order chi connectivity index (χ1) is 11.1. The predicted molar refractivity (Wildman–Crippen MR) is 91.5 cm³/mol. The molecule has 2 heterocycles. The number of hydrogen-bond donors (Lipinski definition) is 1. The average molecular weight is 375 g/mol. The number of anilines is 1. The van der Waals surface area contributed by atoms with Gasteiger partial charge in [-0.15, -0.1) is 0 Å². The van der Waals surface area contributed by atoms with Crippen molar-refractivity contribution in [2.24, 2.45) is 5.73 Å². The molecule has 0 amide bonds. The minimum absolute atomic E-state index is 0.0455. The number of hydrogen-bond acceptors (Lipinski definition) is 4. The van der Waals surface area contributed by atoms with Gasteiger partial charge >= 0.3 is 0 Å². The zero-order valence-electron chi connectivity index (χ0n) is 12.5. The molecule has 118 valence electrons. The summed E-state index contributed by atoms with van der Waals surface area (Å²) < 4.78 is 14.7. The molecule has 1 saturated heterocycles. The number of nitrogens with zero attached hydrogens (tertiary/aromatic N) is 3. The number of halogens is 2. The Balaban J connectivity index is 1.95. The van der Waals surface area contributed by atoms with Crippen molar-refractivity contribution in [3.05, 3.63) is 46.3 Å². The van der Waals surface area contributed by atoms with Crippen LogP contribution in [0.15, 0.2) is 34.9 Å². The van der Waals surface area contributed by atoms with Gasteiger partial charge in [-0.1, -0.05) is 6.07 Å². The molecule has 0 saturated carbocycles. The maximum Gasteiger partial charge on any atom is 0.141 e. The van der Waals surface area contributed by atoms with E-state index < -0.39 is 5.82 Å². The lowest BCUT2D eigenvalue weighted by atomic mass is 10.0. The third-order valence-electron chi connectivity index (χ3n) is 4.11. The van der Waals surface area contributed by atoms with Crippen LogP contribution in [0.25, 0.3) is 11.1 Å². The van der Waals surface area contributed by atoms with Gasteiger partial charge in [0, 0.05) is 35.4 Å². The maximum absolute atomic E-state index is 13.9. The molecule has 3 rings (SSSR count). The molecule has 1 aromatic heterocycles. The van der Waals surface area contributed by atoms with Crippen LogP contribution in [0.3, 0.4) is 0 Å². The molecule has 1 fully saturated rings. The van der Waals surface area contributed by atoms with E-state index in [0.717, 1.165) is 41.8 Å². The number of rotatable bonds is 2. The molecule has 2 aromatic rings. The Bertz CT molecular complexity index is 764. The highest BCUT2D eigenvalue weighted by Crippen LogP contribution is 2.32. The Morgan fingerprint density at radius 2 is 2.04 bits per heavy atom. The van der Waals surface area contributed by atoms with Crippen LogP contribution in [0, 0.1) is 17.1 Å². The van der Waals surface area contributed by atoms with Crippen LogP contribution in [-0.4, -0.2) is 24.1 Å². The second-order valence-corrected chi connectivity index (χ2v) is 6.51. The fraction of sp³-hybridized carbons (Fsp3) is 0.294. The summed E-state index contributed by atoms with van der Waals surface area (Å²) in [4.78, 5) is 6.66. The Morgan fingerprint density at radius 3 is 2.70 bits per heavy atom. The molecule has 0 radical (unpaired) electrons. The molecule has 1 aliphatic heterocycles. The highest BCUT2D eigenvalue weighted by molar-refractivity contribution is 9.10. The number of piperidine rings is 1. The standard InChI is InChI=1S/C17H16BrFN4/c18-15-10-22-17(23-5-3-13(21)4-6-23)8-14(15)11-1-2-12(9-20)16(19)7-11/h1-2,7-8,10,13H,3-6,21H2. The molecule has 0 aliphatic carbocycles. The minimum atomic E-state index is -0.515. The van der Waals surface area contributed by atoms with Gasteiger partial charge in [0.25, 0.3) is 0 Å². The van der Waals surface area contributed by atoms with Gasteiger partial charge < -0.3 is 10.6 Å². The highest BCUT2D eigenvalue weighted by atomic mass is 79.9. The summed E-state index contributed by atoms with van der Waals surface area (Å²) in [5.74, 6) is 0.346. The molecule has 0 unspecified atom stereocenters. The third-order valence-corrected chi connectivity index (χ3v) is 4.74. The zero-order valence-corrected chi connectivity index (χ0v) is 14.1. The van der Waals surface area contributed by atoms with Crippen molar-refractivity contribution in [3.8, 4) is 17.2 Å². The molecule has 0 atom stereocenters. The topological polar surface area (TPSA) is 65.9 Å². The van der Waals surface area contributed by atoms with Crippen molar-refractivity contribution in [2.75, 3.05) is 18.0 Å². The quantitative estimate of drug-likeness (QED) is 0.873. The Morgan fingerprint density at radius 1 is 1.30 bits per heavy atom. The van der Waals surface area contributed by atoms with Gasteiger partial charge in [0.2, 0.25) is 0 Å². The molecule has 0 spiro atoms. The van der Waals surface area contributed by atoms with Gasteiger partial charge in [0.15, 0.2) is 0 Å². The van der Waals surface area contributed by atoms with Crippen molar-refractivity contribution in [3.63, 3.8) is 0 Å².